The summed E-state index contributed by atoms with van der Waals surface area (Å²) in [5.41, 5.74) is 1.73. The number of hydrogen-bond donors (Lipinski definition) is 2. The van der Waals surface area contributed by atoms with Gasteiger partial charge in [0, 0.05) is 6.42 Å². The zero-order chi connectivity index (χ0) is 16.9. The molecule has 0 aliphatic heterocycles. The highest BCUT2D eigenvalue weighted by molar-refractivity contribution is 5.92. The molecule has 1 aromatic carbocycles. The highest BCUT2D eigenvalue weighted by Crippen LogP contribution is 2.25. The Labute approximate surface area is 141 Å². The molecule has 0 saturated heterocycles. The van der Waals surface area contributed by atoms with E-state index in [4.69, 9.17) is 0 Å². The number of phenols is 1. The maximum atomic E-state index is 11.9. The molecule has 0 fully saturated rings. The third-order valence-corrected chi connectivity index (χ3v) is 4.16. The van der Waals surface area contributed by atoms with Crippen LogP contribution >= 0.6 is 0 Å². The Morgan fingerprint density at radius 2 is 1.61 bits per heavy atom. The molecule has 1 rings (SSSR count). The van der Waals surface area contributed by atoms with Crippen LogP contribution in [0.2, 0.25) is 0 Å². The highest BCUT2D eigenvalue weighted by atomic mass is 16.3. The number of carbonyl (C=O) groups excluding carboxylic acids is 1. The number of carbonyl (C=O) groups is 1. The SMILES string of the molecule is CCCCCCCCc1ccc(O)c(NC(=O)CCCCC)c1. The van der Waals surface area contributed by atoms with Crippen LogP contribution in [0.25, 0.3) is 0 Å². The minimum absolute atomic E-state index is 0.00883. The lowest BCUT2D eigenvalue weighted by Crippen LogP contribution is -2.11. The number of anilines is 1. The van der Waals surface area contributed by atoms with E-state index in [2.05, 4.69) is 19.2 Å². The van der Waals surface area contributed by atoms with Crippen molar-refractivity contribution in [3.8, 4) is 5.75 Å². The van der Waals surface area contributed by atoms with E-state index in [1.807, 2.05) is 12.1 Å². The average Bonchev–Trinajstić information content (AvgIpc) is 2.54. The Morgan fingerprint density at radius 3 is 2.35 bits per heavy atom. The van der Waals surface area contributed by atoms with Crippen molar-refractivity contribution in [2.45, 2.75) is 84.5 Å². The smallest absolute Gasteiger partial charge is 0.224 e. The topological polar surface area (TPSA) is 49.3 Å². The highest BCUT2D eigenvalue weighted by Gasteiger charge is 2.07. The van der Waals surface area contributed by atoms with Crippen LogP contribution in [-0.2, 0) is 11.2 Å². The molecule has 0 bridgehead atoms. The Bertz CT molecular complexity index is 457. The summed E-state index contributed by atoms with van der Waals surface area (Å²) in [6.45, 7) is 4.35. The van der Waals surface area contributed by atoms with E-state index >= 15 is 0 Å². The lowest BCUT2D eigenvalue weighted by molar-refractivity contribution is -0.116. The van der Waals surface area contributed by atoms with Gasteiger partial charge in [0.2, 0.25) is 5.91 Å². The van der Waals surface area contributed by atoms with Gasteiger partial charge in [0.05, 0.1) is 5.69 Å². The predicted molar refractivity (Wildman–Crippen MR) is 98.0 cm³/mol. The second kappa shape index (κ2) is 12.0. The van der Waals surface area contributed by atoms with E-state index in [0.717, 1.165) is 25.7 Å². The zero-order valence-corrected chi connectivity index (χ0v) is 14.9. The number of nitrogens with one attached hydrogen (secondary N) is 1. The van der Waals surface area contributed by atoms with Gasteiger partial charge in [0.15, 0.2) is 0 Å². The van der Waals surface area contributed by atoms with Crippen molar-refractivity contribution in [3.63, 3.8) is 0 Å². The first kappa shape index (κ1) is 19.5. The van der Waals surface area contributed by atoms with Gasteiger partial charge in [-0.1, -0.05) is 64.9 Å². The Morgan fingerprint density at radius 1 is 0.957 bits per heavy atom. The average molecular weight is 319 g/mol. The van der Waals surface area contributed by atoms with Crippen molar-refractivity contribution in [2.75, 3.05) is 5.32 Å². The zero-order valence-electron chi connectivity index (χ0n) is 14.9. The molecule has 0 spiro atoms. The standard InChI is InChI=1S/C20H33NO2/c1-3-5-7-8-9-11-12-17-14-15-19(22)18(16-17)21-20(23)13-10-6-4-2/h14-16,22H,3-13H2,1-2H3,(H,21,23). The van der Waals surface area contributed by atoms with Crippen molar-refractivity contribution in [3.05, 3.63) is 23.8 Å². The molecule has 0 atom stereocenters. The van der Waals surface area contributed by atoms with Crippen LogP contribution in [0.5, 0.6) is 5.75 Å². The Balaban J connectivity index is 2.40. The summed E-state index contributed by atoms with van der Waals surface area (Å²) < 4.78 is 0. The van der Waals surface area contributed by atoms with Gasteiger partial charge in [-0.05, 0) is 37.0 Å². The number of benzene rings is 1. The van der Waals surface area contributed by atoms with Crippen LogP contribution in [0.3, 0.4) is 0 Å². The number of phenolic OH excluding ortho intramolecular Hbond substituents is 1. The summed E-state index contributed by atoms with van der Waals surface area (Å²) in [7, 11) is 0. The number of aryl methyl sites for hydroxylation is 1. The Kier molecular flexibility index (Phi) is 10.2. The van der Waals surface area contributed by atoms with E-state index in [9.17, 15) is 9.90 Å². The number of rotatable bonds is 12. The molecule has 2 N–H and O–H groups in total. The van der Waals surface area contributed by atoms with E-state index in [1.165, 1.54) is 44.1 Å². The first-order valence-electron chi connectivity index (χ1n) is 9.29. The maximum absolute atomic E-state index is 11.9. The molecule has 0 heterocycles. The molecular formula is C20H33NO2. The van der Waals surface area contributed by atoms with Crippen molar-refractivity contribution in [1.82, 2.24) is 0 Å². The summed E-state index contributed by atoms with van der Waals surface area (Å²) >= 11 is 0. The van der Waals surface area contributed by atoms with Crippen molar-refractivity contribution in [1.29, 1.82) is 0 Å². The minimum Gasteiger partial charge on any atom is -0.506 e. The first-order valence-corrected chi connectivity index (χ1v) is 9.29. The van der Waals surface area contributed by atoms with Gasteiger partial charge in [0.25, 0.3) is 0 Å². The van der Waals surface area contributed by atoms with Crippen molar-refractivity contribution >= 4 is 11.6 Å². The van der Waals surface area contributed by atoms with Crippen molar-refractivity contribution in [2.24, 2.45) is 0 Å². The summed E-state index contributed by atoms with van der Waals surface area (Å²) in [6.07, 6.45) is 12.2. The van der Waals surface area contributed by atoms with Gasteiger partial charge < -0.3 is 10.4 Å². The van der Waals surface area contributed by atoms with Gasteiger partial charge in [-0.2, -0.15) is 0 Å². The van der Waals surface area contributed by atoms with Crippen LogP contribution in [0.4, 0.5) is 5.69 Å². The molecule has 3 heteroatoms. The van der Waals surface area contributed by atoms with Gasteiger partial charge >= 0.3 is 0 Å². The van der Waals surface area contributed by atoms with E-state index < -0.39 is 0 Å². The molecule has 0 aliphatic carbocycles. The summed E-state index contributed by atoms with van der Waals surface area (Å²) in [6, 6.07) is 5.56. The van der Waals surface area contributed by atoms with E-state index in [-0.39, 0.29) is 11.7 Å². The largest absolute Gasteiger partial charge is 0.506 e. The molecule has 0 aromatic heterocycles. The molecular weight excluding hydrogens is 286 g/mol. The fourth-order valence-corrected chi connectivity index (χ4v) is 2.70. The molecule has 3 nitrogen and oxygen atoms in total. The minimum atomic E-state index is -0.00883. The molecule has 0 aliphatic rings. The normalized spacial score (nSPS) is 10.7. The van der Waals surface area contributed by atoms with Crippen LogP contribution < -0.4 is 5.32 Å². The second-order valence-electron chi connectivity index (χ2n) is 6.37. The lowest BCUT2D eigenvalue weighted by atomic mass is 10.0. The van der Waals surface area contributed by atoms with Gasteiger partial charge in [0.1, 0.15) is 5.75 Å². The van der Waals surface area contributed by atoms with Crippen LogP contribution in [0, 0.1) is 0 Å². The summed E-state index contributed by atoms with van der Waals surface area (Å²) in [5, 5.41) is 12.7. The summed E-state index contributed by atoms with van der Waals surface area (Å²) in [5.74, 6) is 0.144. The third kappa shape index (κ3) is 8.63. The number of aromatic hydroxyl groups is 1. The molecule has 0 saturated carbocycles. The Hall–Kier alpha value is -1.51. The van der Waals surface area contributed by atoms with Crippen LogP contribution in [-0.4, -0.2) is 11.0 Å². The lowest BCUT2D eigenvalue weighted by Gasteiger charge is -2.10. The quantitative estimate of drug-likeness (QED) is 0.377. The maximum Gasteiger partial charge on any atom is 0.224 e. The molecule has 23 heavy (non-hydrogen) atoms. The van der Waals surface area contributed by atoms with Gasteiger partial charge in [-0.15, -0.1) is 0 Å². The van der Waals surface area contributed by atoms with E-state index in [1.54, 1.807) is 6.07 Å². The molecule has 130 valence electrons. The fraction of sp³-hybridized carbons (Fsp3) is 0.650. The van der Waals surface area contributed by atoms with Gasteiger partial charge in [-0.3, -0.25) is 4.79 Å². The molecule has 0 unspecified atom stereocenters. The third-order valence-electron chi connectivity index (χ3n) is 4.16. The van der Waals surface area contributed by atoms with Gasteiger partial charge in [-0.25, -0.2) is 0 Å². The number of unbranched alkanes of at least 4 members (excludes halogenated alkanes) is 7. The summed E-state index contributed by atoms with van der Waals surface area (Å²) in [4.78, 5) is 11.9. The van der Waals surface area contributed by atoms with E-state index in [0.29, 0.717) is 12.1 Å². The van der Waals surface area contributed by atoms with Crippen LogP contribution in [0.1, 0.15) is 83.6 Å². The molecule has 1 amide bonds. The predicted octanol–water partition coefficient (Wildman–Crippen LogP) is 5.81. The first-order chi connectivity index (χ1) is 11.2. The number of amides is 1. The number of hydrogen-bond acceptors (Lipinski definition) is 2. The van der Waals surface area contributed by atoms with Crippen molar-refractivity contribution < 1.29 is 9.90 Å². The fourth-order valence-electron chi connectivity index (χ4n) is 2.70. The monoisotopic (exact) mass is 319 g/mol. The van der Waals surface area contributed by atoms with Crippen LogP contribution in [0.15, 0.2) is 18.2 Å². The second-order valence-corrected chi connectivity index (χ2v) is 6.37. The molecule has 1 aromatic rings. The molecule has 0 radical (unpaired) electrons.